The van der Waals surface area contributed by atoms with Gasteiger partial charge in [-0.1, -0.05) is 18.2 Å². The van der Waals surface area contributed by atoms with Gasteiger partial charge < -0.3 is 15.0 Å². The van der Waals surface area contributed by atoms with Crippen molar-refractivity contribution in [1.29, 1.82) is 0 Å². The molecule has 0 bridgehead atoms. The average molecular weight is 216 g/mol. The Kier molecular flexibility index (Phi) is 2.06. The molecule has 3 rings (SSSR count). The maximum absolute atomic E-state index is 10.9. The van der Waals surface area contributed by atoms with Gasteiger partial charge in [-0.05, 0) is 18.1 Å². The standard InChI is InChI=1S/C12H12N2O2/c15-12-14-9(7-16-12)5-8-6-13-11-4-2-1-3-10(8)11/h1-4,6,9,13H,5,7H2,(H,14,15)/t9-/m1/s1. The first-order valence-electron chi connectivity index (χ1n) is 5.31. The lowest BCUT2D eigenvalue weighted by Crippen LogP contribution is -2.28. The zero-order valence-electron chi connectivity index (χ0n) is 8.69. The number of rotatable bonds is 2. The minimum Gasteiger partial charge on any atom is -0.447 e. The van der Waals surface area contributed by atoms with Crippen molar-refractivity contribution in [2.75, 3.05) is 6.61 Å². The molecule has 16 heavy (non-hydrogen) atoms. The van der Waals surface area contributed by atoms with Crippen LogP contribution in [0.3, 0.4) is 0 Å². The van der Waals surface area contributed by atoms with Gasteiger partial charge in [0.2, 0.25) is 0 Å². The number of hydrogen-bond donors (Lipinski definition) is 2. The number of nitrogens with one attached hydrogen (secondary N) is 2. The second kappa shape index (κ2) is 3.56. The van der Waals surface area contributed by atoms with Crippen molar-refractivity contribution in [2.45, 2.75) is 12.5 Å². The van der Waals surface area contributed by atoms with Gasteiger partial charge >= 0.3 is 6.09 Å². The van der Waals surface area contributed by atoms with E-state index < -0.39 is 0 Å². The Morgan fingerprint density at radius 3 is 3.06 bits per heavy atom. The molecule has 1 saturated heterocycles. The average Bonchev–Trinajstić information content (AvgIpc) is 2.87. The van der Waals surface area contributed by atoms with Crippen LogP contribution in [0.4, 0.5) is 4.79 Å². The number of amides is 1. The van der Waals surface area contributed by atoms with Gasteiger partial charge in [-0.3, -0.25) is 0 Å². The molecule has 1 aromatic carbocycles. The van der Waals surface area contributed by atoms with E-state index in [0.29, 0.717) is 6.61 Å². The number of carbonyl (C=O) groups excluding carboxylic acids is 1. The van der Waals surface area contributed by atoms with Crippen molar-refractivity contribution >= 4 is 17.0 Å². The van der Waals surface area contributed by atoms with Crippen LogP contribution in [-0.4, -0.2) is 23.7 Å². The summed E-state index contributed by atoms with van der Waals surface area (Å²) < 4.78 is 4.87. The SMILES string of the molecule is O=C1N[C@H](Cc2c[nH]c3ccccc23)CO1. The van der Waals surface area contributed by atoms with E-state index >= 15 is 0 Å². The topological polar surface area (TPSA) is 54.1 Å². The maximum atomic E-state index is 10.9. The van der Waals surface area contributed by atoms with Crippen molar-refractivity contribution in [3.63, 3.8) is 0 Å². The van der Waals surface area contributed by atoms with Crippen molar-refractivity contribution < 1.29 is 9.53 Å². The van der Waals surface area contributed by atoms with E-state index in [2.05, 4.69) is 16.4 Å². The van der Waals surface area contributed by atoms with Crippen LogP contribution in [0.2, 0.25) is 0 Å². The summed E-state index contributed by atoms with van der Waals surface area (Å²) in [5, 5.41) is 3.99. The molecular formula is C12H12N2O2. The Morgan fingerprint density at radius 1 is 1.38 bits per heavy atom. The molecule has 1 aromatic heterocycles. The molecule has 4 nitrogen and oxygen atoms in total. The number of aromatic nitrogens is 1. The number of carbonyl (C=O) groups is 1. The predicted octanol–water partition coefficient (Wildman–Crippen LogP) is 1.82. The molecule has 1 atom stereocenters. The molecule has 2 N–H and O–H groups in total. The quantitative estimate of drug-likeness (QED) is 0.804. The fourth-order valence-electron chi connectivity index (χ4n) is 2.10. The Morgan fingerprint density at radius 2 is 2.25 bits per heavy atom. The highest BCUT2D eigenvalue weighted by Crippen LogP contribution is 2.19. The molecule has 1 aliphatic rings. The molecule has 0 saturated carbocycles. The zero-order chi connectivity index (χ0) is 11.0. The summed E-state index contributed by atoms with van der Waals surface area (Å²) in [5.41, 5.74) is 2.34. The highest BCUT2D eigenvalue weighted by atomic mass is 16.6. The lowest BCUT2D eigenvalue weighted by Gasteiger charge is -2.05. The molecule has 0 unspecified atom stereocenters. The molecule has 1 fully saturated rings. The summed E-state index contributed by atoms with van der Waals surface area (Å²) in [7, 11) is 0. The molecular weight excluding hydrogens is 204 g/mol. The van der Waals surface area contributed by atoms with Gasteiger partial charge in [0.25, 0.3) is 0 Å². The summed E-state index contributed by atoms with van der Waals surface area (Å²) in [5.74, 6) is 0. The number of fused-ring (bicyclic) bond motifs is 1. The number of H-pyrrole nitrogens is 1. The third-order valence-electron chi connectivity index (χ3n) is 2.88. The van der Waals surface area contributed by atoms with Crippen LogP contribution < -0.4 is 5.32 Å². The van der Waals surface area contributed by atoms with E-state index in [0.717, 1.165) is 11.9 Å². The Bertz CT molecular complexity index is 533. The van der Waals surface area contributed by atoms with Gasteiger partial charge in [-0.25, -0.2) is 4.79 Å². The highest BCUT2D eigenvalue weighted by molar-refractivity contribution is 5.83. The summed E-state index contributed by atoms with van der Waals surface area (Å²) >= 11 is 0. The van der Waals surface area contributed by atoms with E-state index in [1.54, 1.807) is 0 Å². The normalized spacial score (nSPS) is 19.8. The first-order valence-corrected chi connectivity index (χ1v) is 5.31. The summed E-state index contributed by atoms with van der Waals surface area (Å²) in [6.45, 7) is 0.457. The number of aromatic amines is 1. The van der Waals surface area contributed by atoms with E-state index in [4.69, 9.17) is 4.74 Å². The van der Waals surface area contributed by atoms with Crippen molar-refractivity contribution in [2.24, 2.45) is 0 Å². The van der Waals surface area contributed by atoms with Crippen LogP contribution in [-0.2, 0) is 11.2 Å². The third kappa shape index (κ3) is 1.52. The molecule has 0 aliphatic carbocycles. The Balaban J connectivity index is 1.86. The van der Waals surface area contributed by atoms with Crippen molar-refractivity contribution in [3.05, 3.63) is 36.0 Å². The van der Waals surface area contributed by atoms with E-state index in [1.807, 2.05) is 24.4 Å². The highest BCUT2D eigenvalue weighted by Gasteiger charge is 2.22. The molecule has 2 heterocycles. The van der Waals surface area contributed by atoms with Crippen LogP contribution in [0.5, 0.6) is 0 Å². The van der Waals surface area contributed by atoms with Gasteiger partial charge in [-0.2, -0.15) is 0 Å². The number of cyclic esters (lactones) is 1. The number of para-hydroxylation sites is 1. The summed E-state index contributed by atoms with van der Waals surface area (Å²) in [6.07, 6.45) is 2.48. The van der Waals surface area contributed by atoms with Gasteiger partial charge in [0.15, 0.2) is 0 Å². The van der Waals surface area contributed by atoms with Crippen LogP contribution in [0.25, 0.3) is 10.9 Å². The minimum absolute atomic E-state index is 0.0895. The van der Waals surface area contributed by atoms with Gasteiger partial charge in [0, 0.05) is 17.1 Å². The fourth-order valence-corrected chi connectivity index (χ4v) is 2.10. The van der Waals surface area contributed by atoms with E-state index in [9.17, 15) is 4.79 Å². The summed E-state index contributed by atoms with van der Waals surface area (Å²) in [6, 6.07) is 8.24. The Labute approximate surface area is 92.6 Å². The number of hydrogen-bond acceptors (Lipinski definition) is 2. The molecule has 2 aromatic rings. The van der Waals surface area contributed by atoms with Crippen molar-refractivity contribution in [1.82, 2.24) is 10.3 Å². The lowest BCUT2D eigenvalue weighted by molar-refractivity contribution is 0.177. The van der Waals surface area contributed by atoms with Crippen LogP contribution in [0.15, 0.2) is 30.5 Å². The second-order valence-electron chi connectivity index (χ2n) is 4.00. The van der Waals surface area contributed by atoms with Gasteiger partial charge in [0.1, 0.15) is 6.61 Å². The largest absolute Gasteiger partial charge is 0.447 e. The maximum Gasteiger partial charge on any atom is 0.407 e. The van der Waals surface area contributed by atoms with E-state index in [1.165, 1.54) is 10.9 Å². The van der Waals surface area contributed by atoms with Gasteiger partial charge in [0.05, 0.1) is 6.04 Å². The predicted molar refractivity (Wildman–Crippen MR) is 60.3 cm³/mol. The Hall–Kier alpha value is -1.97. The number of benzene rings is 1. The monoisotopic (exact) mass is 216 g/mol. The zero-order valence-corrected chi connectivity index (χ0v) is 8.69. The molecule has 82 valence electrons. The van der Waals surface area contributed by atoms with Crippen LogP contribution >= 0.6 is 0 Å². The third-order valence-corrected chi connectivity index (χ3v) is 2.88. The van der Waals surface area contributed by atoms with Crippen LogP contribution in [0.1, 0.15) is 5.56 Å². The molecule has 0 radical (unpaired) electrons. The lowest BCUT2D eigenvalue weighted by atomic mass is 10.1. The molecule has 1 amide bonds. The van der Waals surface area contributed by atoms with Gasteiger partial charge in [-0.15, -0.1) is 0 Å². The van der Waals surface area contributed by atoms with Crippen molar-refractivity contribution in [3.8, 4) is 0 Å². The molecule has 0 spiro atoms. The smallest absolute Gasteiger partial charge is 0.407 e. The number of ether oxygens (including phenoxy) is 1. The number of alkyl carbamates (subject to hydrolysis) is 1. The first kappa shape index (κ1) is 9.27. The fraction of sp³-hybridized carbons (Fsp3) is 0.250. The second-order valence-corrected chi connectivity index (χ2v) is 4.00. The minimum atomic E-state index is -0.315. The van der Waals surface area contributed by atoms with Crippen LogP contribution in [0, 0.1) is 0 Å². The molecule has 4 heteroatoms. The van der Waals surface area contributed by atoms with E-state index in [-0.39, 0.29) is 12.1 Å². The first-order chi connectivity index (χ1) is 7.83. The summed E-state index contributed by atoms with van der Waals surface area (Å²) in [4.78, 5) is 14.1. The molecule has 1 aliphatic heterocycles.